The highest BCUT2D eigenvalue weighted by atomic mass is 16.2. The Hall–Kier alpha value is -1.19. The molecule has 0 spiro atoms. The van der Waals surface area contributed by atoms with E-state index in [4.69, 9.17) is 0 Å². The molecule has 0 bridgehead atoms. The second-order valence-corrected chi connectivity index (χ2v) is 3.99. The van der Waals surface area contributed by atoms with Crippen LogP contribution in [0, 0.1) is 5.41 Å². The quantitative estimate of drug-likeness (QED) is 0.651. The third-order valence-corrected chi connectivity index (χ3v) is 2.63. The van der Waals surface area contributed by atoms with Gasteiger partial charge in [-0.3, -0.25) is 14.4 Å². The third-order valence-electron chi connectivity index (χ3n) is 2.63. The summed E-state index contributed by atoms with van der Waals surface area (Å²) in [5.41, 5.74) is -0.313. The Kier molecular flexibility index (Phi) is 3.03. The van der Waals surface area contributed by atoms with Crippen LogP contribution < -0.4 is 5.32 Å². The van der Waals surface area contributed by atoms with Crippen molar-refractivity contribution in [3.05, 3.63) is 0 Å². The maximum Gasteiger partial charge on any atom is 0.227 e. The molecule has 0 aromatic carbocycles. The molecule has 0 aliphatic heterocycles. The second-order valence-electron chi connectivity index (χ2n) is 3.99. The number of carbonyl (C=O) groups is 3. The highest BCUT2D eigenvalue weighted by Crippen LogP contribution is 2.45. The Morgan fingerprint density at radius 1 is 1.21 bits per heavy atom. The summed E-state index contributed by atoms with van der Waals surface area (Å²) >= 11 is 0. The number of amides is 1. The van der Waals surface area contributed by atoms with Crippen LogP contribution in [0.1, 0.15) is 33.1 Å². The molecule has 0 aromatic rings. The lowest BCUT2D eigenvalue weighted by Gasteiger charge is -2.11. The van der Waals surface area contributed by atoms with E-state index in [0.717, 1.165) is 12.8 Å². The van der Waals surface area contributed by atoms with Crippen molar-refractivity contribution in [2.75, 3.05) is 6.54 Å². The monoisotopic (exact) mass is 197 g/mol. The number of nitrogens with one attached hydrogen (secondary N) is 1. The minimum atomic E-state index is -0.313. The lowest BCUT2D eigenvalue weighted by Crippen LogP contribution is -2.34. The molecule has 0 saturated heterocycles. The maximum absolute atomic E-state index is 11.1. The van der Waals surface area contributed by atoms with Crippen LogP contribution in [-0.2, 0) is 14.4 Å². The molecule has 4 heteroatoms. The van der Waals surface area contributed by atoms with E-state index in [1.165, 1.54) is 6.92 Å². The summed E-state index contributed by atoms with van der Waals surface area (Å²) in [4.78, 5) is 32.9. The lowest BCUT2D eigenvalue weighted by atomic mass is 10.0. The van der Waals surface area contributed by atoms with Crippen LogP contribution in [0.5, 0.6) is 0 Å². The molecule has 0 aromatic heterocycles. The van der Waals surface area contributed by atoms with Crippen LogP contribution in [0.2, 0.25) is 0 Å². The standard InChI is InChI=1S/C10H15NO3/c1-7(12)5-9(14)11-6-10(3-4-10)8(2)13/h3-6H2,1-2H3,(H,11,14). The van der Waals surface area contributed by atoms with Crippen molar-refractivity contribution < 1.29 is 14.4 Å². The van der Waals surface area contributed by atoms with Gasteiger partial charge in [-0.15, -0.1) is 0 Å². The van der Waals surface area contributed by atoms with Gasteiger partial charge in [-0.25, -0.2) is 0 Å². The molecule has 14 heavy (non-hydrogen) atoms. The van der Waals surface area contributed by atoms with Gasteiger partial charge in [0.05, 0.1) is 6.42 Å². The number of ketones is 2. The molecule has 1 fully saturated rings. The van der Waals surface area contributed by atoms with E-state index in [-0.39, 0.29) is 29.3 Å². The van der Waals surface area contributed by atoms with Crippen molar-refractivity contribution >= 4 is 17.5 Å². The topological polar surface area (TPSA) is 63.2 Å². The van der Waals surface area contributed by atoms with Gasteiger partial charge in [0.25, 0.3) is 0 Å². The van der Waals surface area contributed by atoms with E-state index >= 15 is 0 Å². The van der Waals surface area contributed by atoms with Crippen molar-refractivity contribution in [3.8, 4) is 0 Å². The summed E-state index contributed by atoms with van der Waals surface area (Å²) in [6, 6.07) is 0. The van der Waals surface area contributed by atoms with Gasteiger partial charge in [0.2, 0.25) is 5.91 Å². The zero-order chi connectivity index (χ0) is 10.8. The smallest absolute Gasteiger partial charge is 0.227 e. The van der Waals surface area contributed by atoms with Gasteiger partial charge in [-0.05, 0) is 26.7 Å². The Bertz CT molecular complexity index is 279. The Morgan fingerprint density at radius 3 is 2.14 bits per heavy atom. The number of hydrogen-bond acceptors (Lipinski definition) is 3. The number of carbonyl (C=O) groups excluding carboxylic acids is 3. The number of hydrogen-bond donors (Lipinski definition) is 1. The zero-order valence-corrected chi connectivity index (χ0v) is 8.55. The first kappa shape index (κ1) is 10.9. The Labute approximate surface area is 83.1 Å². The van der Waals surface area contributed by atoms with Crippen LogP contribution >= 0.6 is 0 Å². The van der Waals surface area contributed by atoms with E-state index in [1.54, 1.807) is 6.92 Å². The molecule has 1 N–H and O–H groups in total. The van der Waals surface area contributed by atoms with Crippen molar-refractivity contribution in [2.45, 2.75) is 33.1 Å². The average molecular weight is 197 g/mol. The van der Waals surface area contributed by atoms with Crippen molar-refractivity contribution in [2.24, 2.45) is 5.41 Å². The fraction of sp³-hybridized carbons (Fsp3) is 0.700. The summed E-state index contributed by atoms with van der Waals surface area (Å²) in [6.07, 6.45) is 1.61. The molecule has 0 radical (unpaired) electrons. The maximum atomic E-state index is 11.1. The van der Waals surface area contributed by atoms with Gasteiger partial charge in [-0.2, -0.15) is 0 Å². The van der Waals surface area contributed by atoms with Crippen molar-refractivity contribution in [3.63, 3.8) is 0 Å². The zero-order valence-electron chi connectivity index (χ0n) is 8.55. The predicted molar refractivity (Wildman–Crippen MR) is 50.7 cm³/mol. The molecule has 1 saturated carbocycles. The predicted octanol–water partition coefficient (Wildman–Crippen LogP) is 0.451. The normalized spacial score (nSPS) is 17.3. The molecule has 0 atom stereocenters. The van der Waals surface area contributed by atoms with Crippen LogP contribution in [0.3, 0.4) is 0 Å². The molecule has 1 aliphatic carbocycles. The van der Waals surface area contributed by atoms with E-state index < -0.39 is 0 Å². The lowest BCUT2D eigenvalue weighted by molar-refractivity contribution is -0.127. The third kappa shape index (κ3) is 2.65. The largest absolute Gasteiger partial charge is 0.355 e. The van der Waals surface area contributed by atoms with Crippen molar-refractivity contribution in [1.29, 1.82) is 0 Å². The van der Waals surface area contributed by atoms with Crippen LogP contribution in [0.4, 0.5) is 0 Å². The number of rotatable bonds is 5. The first-order chi connectivity index (χ1) is 6.46. The molecule has 1 rings (SSSR count). The van der Waals surface area contributed by atoms with Gasteiger partial charge in [-0.1, -0.05) is 0 Å². The SMILES string of the molecule is CC(=O)CC(=O)NCC1(C(C)=O)CC1. The fourth-order valence-corrected chi connectivity index (χ4v) is 1.36. The second kappa shape index (κ2) is 3.90. The number of Topliss-reactive ketones (excluding diaryl/α,β-unsaturated/α-hetero) is 2. The summed E-state index contributed by atoms with van der Waals surface area (Å²) in [7, 11) is 0. The molecule has 78 valence electrons. The molecule has 4 nitrogen and oxygen atoms in total. The molecule has 1 amide bonds. The molecule has 1 aliphatic rings. The van der Waals surface area contributed by atoms with Gasteiger partial charge in [0.1, 0.15) is 11.6 Å². The fourth-order valence-electron chi connectivity index (χ4n) is 1.36. The van der Waals surface area contributed by atoms with E-state index in [2.05, 4.69) is 5.32 Å². The van der Waals surface area contributed by atoms with Gasteiger partial charge >= 0.3 is 0 Å². The van der Waals surface area contributed by atoms with Gasteiger partial charge < -0.3 is 5.32 Å². The average Bonchev–Trinajstić information content (AvgIpc) is 2.79. The Morgan fingerprint density at radius 2 is 1.79 bits per heavy atom. The molecular weight excluding hydrogens is 182 g/mol. The van der Waals surface area contributed by atoms with E-state index in [0.29, 0.717) is 6.54 Å². The van der Waals surface area contributed by atoms with Crippen molar-refractivity contribution in [1.82, 2.24) is 5.32 Å². The van der Waals surface area contributed by atoms with Gasteiger partial charge in [0.15, 0.2) is 0 Å². The molecule has 0 heterocycles. The highest BCUT2D eigenvalue weighted by Gasteiger charge is 2.47. The Balaban J connectivity index is 2.30. The highest BCUT2D eigenvalue weighted by molar-refractivity contribution is 5.97. The van der Waals surface area contributed by atoms with E-state index in [9.17, 15) is 14.4 Å². The van der Waals surface area contributed by atoms with Gasteiger partial charge in [0, 0.05) is 12.0 Å². The molecular formula is C10H15NO3. The summed E-state index contributed by atoms with van der Waals surface area (Å²) in [5, 5.41) is 2.62. The summed E-state index contributed by atoms with van der Waals surface area (Å²) in [5.74, 6) is -0.319. The van der Waals surface area contributed by atoms with E-state index in [1.807, 2.05) is 0 Å². The van der Waals surface area contributed by atoms with Crippen LogP contribution in [0.15, 0.2) is 0 Å². The first-order valence-corrected chi connectivity index (χ1v) is 4.73. The van der Waals surface area contributed by atoms with Crippen LogP contribution in [-0.4, -0.2) is 24.0 Å². The summed E-state index contributed by atoms with van der Waals surface area (Å²) < 4.78 is 0. The summed E-state index contributed by atoms with van der Waals surface area (Å²) in [6.45, 7) is 3.30. The first-order valence-electron chi connectivity index (χ1n) is 4.73. The minimum absolute atomic E-state index is 0.0893. The van der Waals surface area contributed by atoms with Crippen LogP contribution in [0.25, 0.3) is 0 Å². The molecule has 0 unspecified atom stereocenters. The minimum Gasteiger partial charge on any atom is -0.355 e.